The molecule has 31 heavy (non-hydrogen) atoms. The second-order valence-corrected chi connectivity index (χ2v) is 6.20. The van der Waals surface area contributed by atoms with Gasteiger partial charge >= 0.3 is 17.9 Å². The van der Waals surface area contributed by atoms with Gasteiger partial charge in [0.25, 0.3) is 0 Å². The van der Waals surface area contributed by atoms with E-state index in [1.54, 1.807) is 72.8 Å². The molecule has 6 nitrogen and oxygen atoms in total. The van der Waals surface area contributed by atoms with E-state index in [1.165, 1.54) is 0 Å². The number of benzene rings is 3. The van der Waals surface area contributed by atoms with Crippen LogP contribution in [0, 0.1) is 0 Å². The highest BCUT2D eigenvalue weighted by Gasteiger charge is 2.04. The van der Waals surface area contributed by atoms with E-state index in [9.17, 15) is 14.4 Å². The zero-order valence-corrected chi connectivity index (χ0v) is 17.3. The molecule has 0 saturated carbocycles. The van der Waals surface area contributed by atoms with Crippen molar-refractivity contribution in [3.8, 4) is 0 Å². The van der Waals surface area contributed by atoms with Crippen molar-refractivity contribution < 1.29 is 29.3 Å². The molecule has 0 fully saturated rings. The highest BCUT2D eigenvalue weighted by Crippen LogP contribution is 2.01. The van der Waals surface area contributed by atoms with Gasteiger partial charge in [-0.2, -0.15) is 0 Å². The number of carboxylic acids is 2. The molecule has 0 aliphatic rings. The van der Waals surface area contributed by atoms with E-state index in [2.05, 4.69) is 6.92 Å². The van der Waals surface area contributed by atoms with Crippen molar-refractivity contribution >= 4 is 17.9 Å². The van der Waals surface area contributed by atoms with E-state index in [0.717, 1.165) is 12.8 Å². The first-order chi connectivity index (χ1) is 15.0. The predicted molar refractivity (Wildman–Crippen MR) is 118 cm³/mol. The SMILES string of the molecule is CCCCOC(=O)c1ccccc1.O=C(O)c1ccccc1.O=C(O)c1ccccc1. The Morgan fingerprint density at radius 2 is 1.00 bits per heavy atom. The van der Waals surface area contributed by atoms with Crippen LogP contribution in [0.15, 0.2) is 91.0 Å². The Balaban J connectivity index is 0.000000239. The van der Waals surface area contributed by atoms with E-state index in [1.807, 2.05) is 18.2 Å². The molecular formula is C25H26O6. The fraction of sp³-hybridized carbons (Fsp3) is 0.160. The molecule has 2 N–H and O–H groups in total. The second kappa shape index (κ2) is 15.0. The zero-order valence-electron chi connectivity index (χ0n) is 17.3. The number of carboxylic acid groups (broad SMARTS) is 2. The van der Waals surface area contributed by atoms with Gasteiger partial charge < -0.3 is 14.9 Å². The Bertz CT molecular complexity index is 859. The van der Waals surface area contributed by atoms with Crippen molar-refractivity contribution in [2.24, 2.45) is 0 Å². The van der Waals surface area contributed by atoms with Gasteiger partial charge in [0.2, 0.25) is 0 Å². The second-order valence-electron chi connectivity index (χ2n) is 6.20. The van der Waals surface area contributed by atoms with Crippen molar-refractivity contribution in [2.75, 3.05) is 6.61 Å². The van der Waals surface area contributed by atoms with E-state index < -0.39 is 11.9 Å². The van der Waals surface area contributed by atoms with Gasteiger partial charge in [-0.25, -0.2) is 14.4 Å². The van der Waals surface area contributed by atoms with Crippen LogP contribution in [0.5, 0.6) is 0 Å². The molecular weight excluding hydrogens is 396 g/mol. The van der Waals surface area contributed by atoms with Crippen LogP contribution in [0.4, 0.5) is 0 Å². The summed E-state index contributed by atoms with van der Waals surface area (Å²) in [5.74, 6) is -1.99. The first-order valence-corrected chi connectivity index (χ1v) is 9.74. The molecule has 0 bridgehead atoms. The molecule has 0 aliphatic heterocycles. The van der Waals surface area contributed by atoms with Gasteiger partial charge in [-0.05, 0) is 42.8 Å². The van der Waals surface area contributed by atoms with Crippen LogP contribution in [0.1, 0.15) is 50.8 Å². The summed E-state index contributed by atoms with van der Waals surface area (Å²) in [4.78, 5) is 31.7. The van der Waals surface area contributed by atoms with Crippen LogP contribution >= 0.6 is 0 Å². The molecule has 0 aromatic heterocycles. The maximum Gasteiger partial charge on any atom is 0.338 e. The molecule has 0 heterocycles. The molecule has 0 amide bonds. The summed E-state index contributed by atoms with van der Waals surface area (Å²) >= 11 is 0. The van der Waals surface area contributed by atoms with Gasteiger partial charge in [-0.1, -0.05) is 67.9 Å². The summed E-state index contributed by atoms with van der Waals surface area (Å²) in [5.41, 5.74) is 1.29. The normalized spacial score (nSPS) is 9.19. The molecule has 162 valence electrons. The number of carbonyl (C=O) groups is 3. The summed E-state index contributed by atoms with van der Waals surface area (Å²) in [6, 6.07) is 25.6. The van der Waals surface area contributed by atoms with Gasteiger partial charge in [0, 0.05) is 0 Å². The van der Waals surface area contributed by atoms with Crippen LogP contribution in [0.3, 0.4) is 0 Å². The average molecular weight is 422 g/mol. The molecule has 3 aromatic rings. The van der Waals surface area contributed by atoms with E-state index in [4.69, 9.17) is 14.9 Å². The van der Waals surface area contributed by atoms with Gasteiger partial charge in [-0.15, -0.1) is 0 Å². The van der Waals surface area contributed by atoms with Crippen LogP contribution in [-0.2, 0) is 4.74 Å². The Kier molecular flexibility index (Phi) is 12.1. The van der Waals surface area contributed by atoms with E-state index >= 15 is 0 Å². The Morgan fingerprint density at radius 3 is 1.29 bits per heavy atom. The maximum atomic E-state index is 11.3. The highest BCUT2D eigenvalue weighted by atomic mass is 16.5. The van der Waals surface area contributed by atoms with Crippen molar-refractivity contribution in [1.29, 1.82) is 0 Å². The Morgan fingerprint density at radius 1 is 0.645 bits per heavy atom. The molecule has 0 radical (unpaired) electrons. The zero-order chi connectivity index (χ0) is 22.9. The minimum absolute atomic E-state index is 0.228. The molecule has 3 aromatic carbocycles. The molecule has 6 heteroatoms. The lowest BCUT2D eigenvalue weighted by molar-refractivity contribution is 0.0499. The number of hydrogen-bond acceptors (Lipinski definition) is 4. The number of ether oxygens (including phenoxy) is 1. The largest absolute Gasteiger partial charge is 0.478 e. The number of rotatable bonds is 6. The fourth-order valence-electron chi connectivity index (χ4n) is 2.13. The number of aromatic carboxylic acids is 2. The van der Waals surface area contributed by atoms with Gasteiger partial charge in [0.15, 0.2) is 0 Å². The molecule has 0 saturated heterocycles. The lowest BCUT2D eigenvalue weighted by atomic mass is 10.2. The summed E-state index contributed by atoms with van der Waals surface area (Å²) in [6.45, 7) is 2.58. The molecule has 0 atom stereocenters. The Labute approximate surface area is 181 Å². The first-order valence-electron chi connectivity index (χ1n) is 9.74. The third-order valence-electron chi connectivity index (χ3n) is 3.78. The van der Waals surface area contributed by atoms with Crippen LogP contribution in [0.25, 0.3) is 0 Å². The van der Waals surface area contributed by atoms with Crippen molar-refractivity contribution in [3.05, 3.63) is 108 Å². The van der Waals surface area contributed by atoms with Gasteiger partial charge in [-0.3, -0.25) is 0 Å². The monoisotopic (exact) mass is 422 g/mol. The highest BCUT2D eigenvalue weighted by molar-refractivity contribution is 5.89. The maximum absolute atomic E-state index is 11.3. The van der Waals surface area contributed by atoms with Crippen molar-refractivity contribution in [1.82, 2.24) is 0 Å². The van der Waals surface area contributed by atoms with E-state index in [-0.39, 0.29) is 5.97 Å². The fourth-order valence-corrected chi connectivity index (χ4v) is 2.13. The van der Waals surface area contributed by atoms with Crippen LogP contribution in [-0.4, -0.2) is 34.7 Å². The van der Waals surface area contributed by atoms with Crippen molar-refractivity contribution in [3.63, 3.8) is 0 Å². The quantitative estimate of drug-likeness (QED) is 0.407. The molecule has 3 rings (SSSR count). The summed E-state index contributed by atoms with van der Waals surface area (Å²) in [6.07, 6.45) is 1.97. The number of esters is 1. The lowest BCUT2D eigenvalue weighted by Gasteiger charge is -2.02. The third kappa shape index (κ3) is 11.0. The molecule has 0 spiro atoms. The standard InChI is InChI=1S/C11H14O2.2C7H6O2/c1-2-3-9-13-11(12)10-7-5-4-6-8-10;2*8-7(9)6-4-2-1-3-5-6/h4-8H,2-3,9H2,1H3;2*1-5H,(H,8,9). The molecule has 0 unspecified atom stereocenters. The van der Waals surface area contributed by atoms with E-state index in [0.29, 0.717) is 23.3 Å². The van der Waals surface area contributed by atoms with Gasteiger partial charge in [0.05, 0.1) is 23.3 Å². The first kappa shape index (κ1) is 25.1. The third-order valence-corrected chi connectivity index (χ3v) is 3.78. The summed E-state index contributed by atoms with van der Waals surface area (Å²) in [7, 11) is 0. The number of unbranched alkanes of at least 4 members (excludes halogenated alkanes) is 1. The minimum atomic E-state index is -0.879. The molecule has 0 aliphatic carbocycles. The number of hydrogen-bond donors (Lipinski definition) is 2. The minimum Gasteiger partial charge on any atom is -0.478 e. The summed E-state index contributed by atoms with van der Waals surface area (Å²) in [5, 5.41) is 16.8. The Hall–Kier alpha value is -3.93. The van der Waals surface area contributed by atoms with Crippen LogP contribution in [0.2, 0.25) is 0 Å². The van der Waals surface area contributed by atoms with Gasteiger partial charge in [0.1, 0.15) is 0 Å². The predicted octanol–water partition coefficient (Wildman–Crippen LogP) is 5.41. The topological polar surface area (TPSA) is 101 Å². The smallest absolute Gasteiger partial charge is 0.338 e. The van der Waals surface area contributed by atoms with Crippen molar-refractivity contribution in [2.45, 2.75) is 19.8 Å². The summed E-state index contributed by atoms with van der Waals surface area (Å²) < 4.78 is 5.03. The lowest BCUT2D eigenvalue weighted by Crippen LogP contribution is -2.05. The van der Waals surface area contributed by atoms with Crippen LogP contribution < -0.4 is 0 Å². The number of carbonyl (C=O) groups excluding carboxylic acids is 1. The average Bonchev–Trinajstić information content (AvgIpc) is 2.82.